The number of hydrogen-bond donors (Lipinski definition) is 1. The van der Waals surface area contributed by atoms with E-state index in [0.29, 0.717) is 12.5 Å². The van der Waals surface area contributed by atoms with Crippen molar-refractivity contribution in [2.24, 2.45) is 11.3 Å². The summed E-state index contributed by atoms with van der Waals surface area (Å²) in [6.45, 7) is 9.13. The van der Waals surface area contributed by atoms with Gasteiger partial charge in [-0.15, -0.1) is 0 Å². The summed E-state index contributed by atoms with van der Waals surface area (Å²) < 4.78 is 11.7. The average molecular weight is 386 g/mol. The monoisotopic (exact) mass is 385 g/mol. The second-order valence-electron chi connectivity index (χ2n) is 7.36. The lowest BCUT2D eigenvalue weighted by Crippen LogP contribution is -2.47. The van der Waals surface area contributed by atoms with Gasteiger partial charge < -0.3 is 14.6 Å². The topological polar surface area (TPSA) is 41.9 Å². The lowest BCUT2D eigenvalue weighted by Gasteiger charge is -2.42. The third-order valence-electron chi connectivity index (χ3n) is 4.72. The normalized spacial score (nSPS) is 22.9. The van der Waals surface area contributed by atoms with Crippen LogP contribution in [0, 0.1) is 11.3 Å². The van der Waals surface area contributed by atoms with Crippen LogP contribution in [-0.4, -0.2) is 43.4 Å². The van der Waals surface area contributed by atoms with Crippen LogP contribution in [0.5, 0.6) is 11.5 Å². The maximum absolute atomic E-state index is 10.5. The fraction of sp³-hybridized carbons (Fsp3) is 0.667. The highest BCUT2D eigenvalue weighted by atomic mass is 79.9. The van der Waals surface area contributed by atoms with Gasteiger partial charge in [0.15, 0.2) is 11.5 Å². The molecule has 1 N–H and O–H groups in total. The van der Waals surface area contributed by atoms with Crippen molar-refractivity contribution >= 4 is 15.9 Å². The summed E-state index contributed by atoms with van der Waals surface area (Å²) >= 11 is 3.61. The van der Waals surface area contributed by atoms with Gasteiger partial charge >= 0.3 is 0 Å². The van der Waals surface area contributed by atoms with Crippen LogP contribution >= 0.6 is 15.9 Å². The fourth-order valence-electron chi connectivity index (χ4n) is 3.41. The van der Waals surface area contributed by atoms with Crippen LogP contribution < -0.4 is 9.47 Å². The van der Waals surface area contributed by atoms with Crippen LogP contribution in [0.2, 0.25) is 0 Å². The number of aliphatic hydroxyl groups is 1. The minimum Gasteiger partial charge on any atom is -0.493 e. The van der Waals surface area contributed by atoms with Crippen molar-refractivity contribution in [2.45, 2.75) is 39.8 Å². The summed E-state index contributed by atoms with van der Waals surface area (Å²) in [5.74, 6) is 1.80. The maximum Gasteiger partial charge on any atom is 0.161 e. The van der Waals surface area contributed by atoms with E-state index in [0.717, 1.165) is 41.0 Å². The Hall–Kier alpha value is -0.780. The summed E-state index contributed by atoms with van der Waals surface area (Å²) in [6.07, 6.45) is 0.748. The highest BCUT2D eigenvalue weighted by Crippen LogP contribution is 2.37. The Kier molecular flexibility index (Phi) is 5.98. The predicted molar refractivity (Wildman–Crippen MR) is 96.1 cm³/mol. The number of benzene rings is 1. The van der Waals surface area contributed by atoms with E-state index in [4.69, 9.17) is 9.47 Å². The number of rotatable bonds is 4. The van der Waals surface area contributed by atoms with Crippen molar-refractivity contribution < 1.29 is 14.6 Å². The number of ether oxygens (including phenoxy) is 2. The number of methoxy groups -OCH3 is 2. The number of likely N-dealkylation sites (tertiary alicyclic amines) is 1. The molecule has 0 spiro atoms. The zero-order valence-electron chi connectivity index (χ0n) is 14.7. The van der Waals surface area contributed by atoms with E-state index < -0.39 is 0 Å². The number of aliphatic hydroxyl groups excluding tert-OH is 1. The lowest BCUT2D eigenvalue weighted by atomic mass is 9.73. The van der Waals surface area contributed by atoms with Crippen molar-refractivity contribution in [3.8, 4) is 11.5 Å². The first-order valence-electron chi connectivity index (χ1n) is 8.07. The van der Waals surface area contributed by atoms with Crippen LogP contribution in [0.1, 0.15) is 32.8 Å². The lowest BCUT2D eigenvalue weighted by molar-refractivity contribution is -0.0265. The maximum atomic E-state index is 10.5. The van der Waals surface area contributed by atoms with Gasteiger partial charge in [0.25, 0.3) is 0 Å². The first-order chi connectivity index (χ1) is 10.8. The predicted octanol–water partition coefficient (Wildman–Crippen LogP) is 3.70. The Morgan fingerprint density at radius 3 is 2.35 bits per heavy atom. The van der Waals surface area contributed by atoms with Crippen LogP contribution in [0.25, 0.3) is 0 Å². The van der Waals surface area contributed by atoms with Crippen molar-refractivity contribution in [3.63, 3.8) is 0 Å². The quantitative estimate of drug-likeness (QED) is 0.857. The molecule has 1 aliphatic heterocycles. The zero-order chi connectivity index (χ0) is 17.2. The van der Waals surface area contributed by atoms with Gasteiger partial charge in [-0.25, -0.2) is 0 Å². The van der Waals surface area contributed by atoms with E-state index in [1.807, 2.05) is 12.1 Å². The van der Waals surface area contributed by atoms with Crippen molar-refractivity contribution in [2.75, 3.05) is 27.3 Å². The van der Waals surface area contributed by atoms with Gasteiger partial charge in [0.1, 0.15) is 0 Å². The van der Waals surface area contributed by atoms with E-state index in [1.54, 1.807) is 14.2 Å². The van der Waals surface area contributed by atoms with Gasteiger partial charge in [0.05, 0.1) is 20.3 Å². The third kappa shape index (κ3) is 4.40. The Balaban J connectivity index is 2.09. The Bertz CT molecular complexity index is 542. The second-order valence-corrected chi connectivity index (χ2v) is 8.22. The summed E-state index contributed by atoms with van der Waals surface area (Å²) in [5, 5.41) is 10.5. The van der Waals surface area contributed by atoms with E-state index in [-0.39, 0.29) is 11.5 Å². The molecule has 0 bridgehead atoms. The van der Waals surface area contributed by atoms with E-state index >= 15 is 0 Å². The molecule has 130 valence electrons. The molecule has 0 amide bonds. The van der Waals surface area contributed by atoms with Gasteiger partial charge in [-0.3, -0.25) is 4.90 Å². The number of hydrogen-bond acceptors (Lipinski definition) is 4. The van der Waals surface area contributed by atoms with Gasteiger partial charge in [-0.05, 0) is 42.0 Å². The van der Waals surface area contributed by atoms with E-state index in [1.165, 1.54) is 0 Å². The molecule has 1 aromatic rings. The molecule has 2 rings (SSSR count). The van der Waals surface area contributed by atoms with Crippen molar-refractivity contribution in [1.29, 1.82) is 0 Å². The molecule has 0 aliphatic carbocycles. The molecule has 0 aromatic heterocycles. The molecule has 4 nitrogen and oxygen atoms in total. The molecule has 23 heavy (non-hydrogen) atoms. The fourth-order valence-corrected chi connectivity index (χ4v) is 3.86. The number of piperidine rings is 1. The van der Waals surface area contributed by atoms with Gasteiger partial charge in [-0.2, -0.15) is 0 Å². The summed E-state index contributed by atoms with van der Waals surface area (Å²) in [7, 11) is 3.28. The Morgan fingerprint density at radius 2 is 1.83 bits per heavy atom. The number of nitrogens with zero attached hydrogens (tertiary/aromatic N) is 1. The molecule has 1 aromatic carbocycles. The first kappa shape index (κ1) is 18.6. The molecule has 1 heterocycles. The van der Waals surface area contributed by atoms with Crippen LogP contribution in [0.3, 0.4) is 0 Å². The summed E-state index contributed by atoms with van der Waals surface area (Å²) in [6, 6.07) is 3.94. The molecule has 0 unspecified atom stereocenters. The van der Waals surface area contributed by atoms with Gasteiger partial charge in [0, 0.05) is 17.6 Å². The molecule has 2 atom stereocenters. The summed E-state index contributed by atoms with van der Waals surface area (Å²) in [5.41, 5.74) is 1.29. The standard InChI is InChI=1S/C18H28BrNO3/c1-18(2,3)13-6-7-20(11-15(13)21)10-12-8-16(22-4)17(23-5)9-14(12)19/h8-9,13,15,21H,6-7,10-11H2,1-5H3/t13-,15-/m1/s1. The highest BCUT2D eigenvalue weighted by molar-refractivity contribution is 9.10. The van der Waals surface area contributed by atoms with E-state index in [9.17, 15) is 5.11 Å². The number of β-amino-alcohol motifs (C(OH)–C–C–N with tert-alkyl or cyclic N) is 1. The van der Waals surface area contributed by atoms with Gasteiger partial charge in [-0.1, -0.05) is 36.7 Å². The van der Waals surface area contributed by atoms with Crippen LogP contribution in [-0.2, 0) is 6.54 Å². The third-order valence-corrected chi connectivity index (χ3v) is 5.46. The highest BCUT2D eigenvalue weighted by Gasteiger charge is 2.35. The minimum atomic E-state index is -0.275. The Labute approximate surface area is 147 Å². The summed E-state index contributed by atoms with van der Waals surface area (Å²) in [4.78, 5) is 2.30. The first-order valence-corrected chi connectivity index (χ1v) is 8.86. The smallest absolute Gasteiger partial charge is 0.161 e. The molecular weight excluding hydrogens is 358 g/mol. The van der Waals surface area contributed by atoms with Crippen molar-refractivity contribution in [3.05, 3.63) is 22.2 Å². The molecule has 1 aliphatic rings. The minimum absolute atomic E-state index is 0.148. The second kappa shape index (κ2) is 7.41. The van der Waals surface area contributed by atoms with Crippen LogP contribution in [0.15, 0.2) is 16.6 Å². The Morgan fingerprint density at radius 1 is 1.22 bits per heavy atom. The van der Waals surface area contributed by atoms with Crippen molar-refractivity contribution in [1.82, 2.24) is 4.90 Å². The SMILES string of the molecule is COc1cc(Br)c(CN2CC[C@@H](C(C)(C)C)[C@H](O)C2)cc1OC. The van der Waals surface area contributed by atoms with E-state index in [2.05, 4.69) is 41.6 Å². The number of halogens is 1. The molecule has 1 saturated heterocycles. The molecular formula is C18H28BrNO3. The van der Waals surface area contributed by atoms with Gasteiger partial charge in [0.2, 0.25) is 0 Å². The molecule has 0 radical (unpaired) electrons. The zero-order valence-corrected chi connectivity index (χ0v) is 16.3. The molecule has 5 heteroatoms. The molecule has 0 saturated carbocycles. The van der Waals surface area contributed by atoms with Crippen LogP contribution in [0.4, 0.5) is 0 Å². The average Bonchev–Trinajstić information content (AvgIpc) is 2.47. The molecule has 1 fully saturated rings. The largest absolute Gasteiger partial charge is 0.493 e.